The lowest BCUT2D eigenvalue weighted by atomic mass is 9.90. The molecule has 1 atom stereocenters. The molecule has 1 unspecified atom stereocenters. The van der Waals surface area contributed by atoms with E-state index in [4.69, 9.17) is 0 Å². The molecule has 1 saturated heterocycles. The van der Waals surface area contributed by atoms with E-state index in [1.165, 1.54) is 4.31 Å². The van der Waals surface area contributed by atoms with Crippen LogP contribution in [0.5, 0.6) is 0 Å². The monoisotopic (exact) mass is 239 g/mol. The first-order chi connectivity index (χ1) is 6.79. The fraction of sp³-hybridized carbons (Fsp3) is 1.00. The van der Waals surface area contributed by atoms with E-state index in [9.17, 15) is 17.9 Å². The van der Waals surface area contributed by atoms with Gasteiger partial charge >= 0.3 is 0 Å². The van der Waals surface area contributed by atoms with Crippen LogP contribution in [0.1, 0.15) is 20.3 Å². The highest BCUT2D eigenvalue weighted by Crippen LogP contribution is 2.31. The van der Waals surface area contributed by atoms with Crippen LogP contribution < -0.4 is 0 Å². The van der Waals surface area contributed by atoms with Crippen molar-refractivity contribution in [3.63, 3.8) is 0 Å². The molecule has 1 aliphatic rings. The predicted molar refractivity (Wildman–Crippen MR) is 55.7 cm³/mol. The van der Waals surface area contributed by atoms with Gasteiger partial charge in [0.25, 0.3) is 0 Å². The number of β-amino-alcohol motifs (C(OH)–C–C–N with tert-alkyl or cyclic N) is 1. The van der Waals surface area contributed by atoms with Gasteiger partial charge < -0.3 is 5.11 Å². The Morgan fingerprint density at radius 3 is 2.53 bits per heavy atom. The van der Waals surface area contributed by atoms with Crippen LogP contribution in [0.2, 0.25) is 0 Å². The summed E-state index contributed by atoms with van der Waals surface area (Å²) in [5.41, 5.74) is -0.414. The van der Waals surface area contributed by atoms with Gasteiger partial charge in [-0.25, -0.2) is 8.42 Å². The summed E-state index contributed by atoms with van der Waals surface area (Å²) in [4.78, 5) is 0. The second kappa shape index (κ2) is 4.35. The normalized spacial score (nSPS) is 27.1. The zero-order valence-corrected chi connectivity index (χ0v) is 9.93. The van der Waals surface area contributed by atoms with E-state index in [0.29, 0.717) is 6.54 Å². The lowest BCUT2D eigenvalue weighted by molar-refractivity contribution is 0.0960. The molecule has 6 heteroatoms. The van der Waals surface area contributed by atoms with Gasteiger partial charge in [-0.15, -0.1) is 0 Å². The Balaban J connectivity index is 2.68. The van der Waals surface area contributed by atoms with Gasteiger partial charge in [0.15, 0.2) is 0 Å². The number of hydrogen-bond acceptors (Lipinski definition) is 3. The van der Waals surface area contributed by atoms with Crippen molar-refractivity contribution >= 4 is 10.0 Å². The van der Waals surface area contributed by atoms with E-state index in [1.54, 1.807) is 0 Å². The molecule has 1 heterocycles. The fourth-order valence-corrected chi connectivity index (χ4v) is 3.27. The second-order valence-corrected chi connectivity index (χ2v) is 6.74. The first-order valence-electron chi connectivity index (χ1n) is 5.01. The summed E-state index contributed by atoms with van der Waals surface area (Å²) in [6.07, 6.45) is -0.618. The van der Waals surface area contributed by atoms with E-state index in [-0.39, 0.29) is 18.7 Å². The first kappa shape index (κ1) is 12.9. The molecule has 1 rings (SSSR count). The number of nitrogens with zero attached hydrogens (tertiary/aromatic N) is 1. The average molecular weight is 239 g/mol. The highest BCUT2D eigenvalue weighted by atomic mass is 32.2. The van der Waals surface area contributed by atoms with Gasteiger partial charge in [0.1, 0.15) is 0 Å². The Morgan fingerprint density at radius 1 is 1.53 bits per heavy atom. The largest absolute Gasteiger partial charge is 0.391 e. The van der Waals surface area contributed by atoms with Crippen molar-refractivity contribution in [2.75, 3.05) is 25.5 Å². The van der Waals surface area contributed by atoms with Gasteiger partial charge in [0.2, 0.25) is 10.0 Å². The average Bonchev–Trinajstić information content (AvgIpc) is 2.39. The SMILES string of the molecule is CC1(C)CN(S(=O)(=O)CCCF)CC1O. The van der Waals surface area contributed by atoms with Crippen LogP contribution in [0.3, 0.4) is 0 Å². The summed E-state index contributed by atoms with van der Waals surface area (Å²) in [6, 6.07) is 0. The van der Waals surface area contributed by atoms with E-state index in [2.05, 4.69) is 0 Å². The van der Waals surface area contributed by atoms with Crippen LogP contribution in [0, 0.1) is 5.41 Å². The Labute approximate surface area is 90.1 Å². The first-order valence-corrected chi connectivity index (χ1v) is 6.62. The fourth-order valence-electron chi connectivity index (χ4n) is 1.64. The Hall–Kier alpha value is -0.200. The number of halogens is 1. The molecule has 15 heavy (non-hydrogen) atoms. The predicted octanol–water partition coefficient (Wildman–Crippen LogP) is 0.379. The van der Waals surface area contributed by atoms with Crippen molar-refractivity contribution in [2.45, 2.75) is 26.4 Å². The third-order valence-corrected chi connectivity index (χ3v) is 4.66. The zero-order valence-electron chi connectivity index (χ0n) is 9.11. The van der Waals surface area contributed by atoms with Gasteiger partial charge in [-0.05, 0) is 6.42 Å². The number of aliphatic hydroxyl groups excluding tert-OH is 1. The van der Waals surface area contributed by atoms with Crippen molar-refractivity contribution in [3.05, 3.63) is 0 Å². The lowest BCUT2D eigenvalue weighted by Gasteiger charge is -2.20. The van der Waals surface area contributed by atoms with Crippen LogP contribution in [0.15, 0.2) is 0 Å². The summed E-state index contributed by atoms with van der Waals surface area (Å²) in [5, 5.41) is 9.64. The van der Waals surface area contributed by atoms with Crippen LogP contribution >= 0.6 is 0 Å². The Morgan fingerprint density at radius 2 is 2.13 bits per heavy atom. The minimum absolute atomic E-state index is 0.0232. The van der Waals surface area contributed by atoms with Crippen molar-refractivity contribution in [1.82, 2.24) is 4.31 Å². The molecule has 0 bridgehead atoms. The van der Waals surface area contributed by atoms with Crippen molar-refractivity contribution in [1.29, 1.82) is 0 Å². The summed E-state index contributed by atoms with van der Waals surface area (Å²) in [5.74, 6) is -0.174. The van der Waals surface area contributed by atoms with Crippen LogP contribution in [-0.4, -0.2) is 49.5 Å². The van der Waals surface area contributed by atoms with Gasteiger partial charge in [0.05, 0.1) is 18.5 Å². The summed E-state index contributed by atoms with van der Waals surface area (Å²) in [7, 11) is -3.39. The van der Waals surface area contributed by atoms with Gasteiger partial charge in [-0.1, -0.05) is 13.8 Å². The highest BCUT2D eigenvalue weighted by Gasteiger charge is 2.42. The highest BCUT2D eigenvalue weighted by molar-refractivity contribution is 7.89. The van der Waals surface area contributed by atoms with Crippen LogP contribution in [0.4, 0.5) is 4.39 Å². The quantitative estimate of drug-likeness (QED) is 0.771. The molecule has 1 N–H and O–H groups in total. The van der Waals surface area contributed by atoms with Crippen molar-refractivity contribution in [2.24, 2.45) is 5.41 Å². The summed E-state index contributed by atoms with van der Waals surface area (Å²) in [6.45, 7) is 3.45. The topological polar surface area (TPSA) is 57.6 Å². The van der Waals surface area contributed by atoms with E-state index in [1.807, 2.05) is 13.8 Å². The molecule has 0 aromatic heterocycles. The smallest absolute Gasteiger partial charge is 0.214 e. The van der Waals surface area contributed by atoms with Gasteiger partial charge in [-0.3, -0.25) is 4.39 Å². The maximum Gasteiger partial charge on any atom is 0.214 e. The van der Waals surface area contributed by atoms with Gasteiger partial charge in [-0.2, -0.15) is 4.31 Å². The van der Waals surface area contributed by atoms with E-state index < -0.39 is 28.2 Å². The molecule has 0 saturated carbocycles. The zero-order chi connectivity index (χ0) is 11.7. The van der Waals surface area contributed by atoms with Crippen molar-refractivity contribution in [3.8, 4) is 0 Å². The van der Waals surface area contributed by atoms with Crippen LogP contribution in [0.25, 0.3) is 0 Å². The standard InChI is InChI=1S/C9H18FNO3S/c1-9(2)7-11(6-8(9)12)15(13,14)5-3-4-10/h8,12H,3-7H2,1-2H3. The number of aliphatic hydroxyl groups is 1. The molecule has 0 aliphatic carbocycles. The van der Waals surface area contributed by atoms with E-state index in [0.717, 1.165) is 0 Å². The third kappa shape index (κ3) is 2.89. The maximum absolute atomic E-state index is 11.9. The molecule has 1 aliphatic heterocycles. The number of hydrogen-bond donors (Lipinski definition) is 1. The molecule has 0 amide bonds. The van der Waals surface area contributed by atoms with E-state index >= 15 is 0 Å². The molecule has 0 aromatic carbocycles. The molecule has 0 radical (unpaired) electrons. The lowest BCUT2D eigenvalue weighted by Crippen LogP contribution is -2.32. The minimum atomic E-state index is -3.39. The number of alkyl halides is 1. The Kier molecular flexibility index (Phi) is 3.73. The van der Waals surface area contributed by atoms with Crippen LogP contribution in [-0.2, 0) is 10.0 Å². The molecular weight excluding hydrogens is 221 g/mol. The van der Waals surface area contributed by atoms with Crippen molar-refractivity contribution < 1.29 is 17.9 Å². The molecule has 1 fully saturated rings. The number of sulfonamides is 1. The summed E-state index contributed by atoms with van der Waals surface area (Å²) >= 11 is 0. The number of rotatable bonds is 4. The third-order valence-electron chi connectivity index (χ3n) is 2.79. The van der Waals surface area contributed by atoms with Gasteiger partial charge in [0, 0.05) is 18.5 Å². The molecular formula is C9H18FNO3S. The second-order valence-electron chi connectivity index (χ2n) is 4.66. The molecule has 0 spiro atoms. The molecule has 90 valence electrons. The Bertz CT molecular complexity index is 315. The molecule has 4 nitrogen and oxygen atoms in total. The minimum Gasteiger partial charge on any atom is -0.391 e. The molecule has 0 aromatic rings. The summed E-state index contributed by atoms with van der Waals surface area (Å²) < 4.78 is 36.5. The maximum atomic E-state index is 11.9.